The van der Waals surface area contributed by atoms with Gasteiger partial charge < -0.3 is 5.32 Å². The Labute approximate surface area is 92.3 Å². The summed E-state index contributed by atoms with van der Waals surface area (Å²) in [5, 5.41) is 3.39. The monoisotopic (exact) mass is 204 g/mol. The molecule has 0 unspecified atom stereocenters. The summed E-state index contributed by atoms with van der Waals surface area (Å²) in [6.45, 7) is 9.08. The maximum absolute atomic E-state index is 3.39. The quantitative estimate of drug-likeness (QED) is 0.792. The van der Waals surface area contributed by atoms with Crippen LogP contribution in [0.15, 0.2) is 24.3 Å². The Hall–Kier alpha value is -0.860. The molecule has 0 spiro atoms. The van der Waals surface area contributed by atoms with Gasteiger partial charge in [-0.3, -0.25) is 4.90 Å². The summed E-state index contributed by atoms with van der Waals surface area (Å²) >= 11 is 0. The fraction of sp³-hybridized carbons (Fsp3) is 0.538. The number of nitrogens with one attached hydrogen (secondary N) is 1. The van der Waals surface area contributed by atoms with E-state index in [0.29, 0.717) is 6.04 Å². The van der Waals surface area contributed by atoms with Crippen LogP contribution in [-0.2, 0) is 0 Å². The molecule has 15 heavy (non-hydrogen) atoms. The van der Waals surface area contributed by atoms with Crippen LogP contribution in [0.3, 0.4) is 0 Å². The second-order valence-electron chi connectivity index (χ2n) is 4.32. The second-order valence-corrected chi connectivity index (χ2v) is 4.32. The third-order valence-electron chi connectivity index (χ3n) is 3.34. The number of rotatable bonds is 2. The Morgan fingerprint density at radius 3 is 2.53 bits per heavy atom. The van der Waals surface area contributed by atoms with Gasteiger partial charge in [-0.15, -0.1) is 0 Å². The number of hydrogen-bond donors (Lipinski definition) is 1. The zero-order chi connectivity index (χ0) is 10.7. The minimum absolute atomic E-state index is 0.549. The number of aryl methyl sites for hydroxylation is 1. The van der Waals surface area contributed by atoms with Crippen molar-refractivity contribution in [1.82, 2.24) is 10.2 Å². The summed E-state index contributed by atoms with van der Waals surface area (Å²) < 4.78 is 0. The smallest absolute Gasteiger partial charge is 0.0323 e. The molecular weight excluding hydrogens is 184 g/mol. The number of nitrogens with zero attached hydrogens (tertiary/aromatic N) is 1. The number of piperazine rings is 1. The fourth-order valence-corrected chi connectivity index (χ4v) is 2.32. The molecule has 82 valence electrons. The Morgan fingerprint density at radius 2 is 1.87 bits per heavy atom. The van der Waals surface area contributed by atoms with E-state index in [2.05, 4.69) is 48.3 Å². The summed E-state index contributed by atoms with van der Waals surface area (Å²) in [6, 6.07) is 9.26. The van der Waals surface area contributed by atoms with Gasteiger partial charge in [0.05, 0.1) is 0 Å². The summed E-state index contributed by atoms with van der Waals surface area (Å²) in [5.41, 5.74) is 2.88. The number of hydrogen-bond acceptors (Lipinski definition) is 2. The third-order valence-corrected chi connectivity index (χ3v) is 3.34. The van der Waals surface area contributed by atoms with E-state index >= 15 is 0 Å². The maximum Gasteiger partial charge on any atom is 0.0323 e. The predicted octanol–water partition coefficient (Wildman–Crippen LogP) is 1.96. The molecule has 2 nitrogen and oxygen atoms in total. The van der Waals surface area contributed by atoms with Crippen LogP contribution in [0.25, 0.3) is 0 Å². The Bertz CT molecular complexity index is 316. The minimum atomic E-state index is 0.549. The molecule has 1 aliphatic heterocycles. The molecule has 0 saturated carbocycles. The molecule has 1 fully saturated rings. The van der Waals surface area contributed by atoms with E-state index in [1.807, 2.05) is 0 Å². The normalized spacial score (nSPS) is 20.1. The molecule has 2 heteroatoms. The van der Waals surface area contributed by atoms with Crippen molar-refractivity contribution in [3.8, 4) is 0 Å². The topological polar surface area (TPSA) is 15.3 Å². The first-order valence-electron chi connectivity index (χ1n) is 5.79. The molecule has 0 aromatic heterocycles. The molecule has 1 aromatic rings. The van der Waals surface area contributed by atoms with Gasteiger partial charge in [0.25, 0.3) is 0 Å². The first kappa shape index (κ1) is 10.7. The van der Waals surface area contributed by atoms with Crippen molar-refractivity contribution < 1.29 is 0 Å². The van der Waals surface area contributed by atoms with Gasteiger partial charge in [-0.25, -0.2) is 0 Å². The van der Waals surface area contributed by atoms with Crippen molar-refractivity contribution in [3.05, 3.63) is 35.4 Å². The molecule has 0 bridgehead atoms. The average molecular weight is 204 g/mol. The van der Waals surface area contributed by atoms with Gasteiger partial charge >= 0.3 is 0 Å². The van der Waals surface area contributed by atoms with Gasteiger partial charge in [0, 0.05) is 32.2 Å². The van der Waals surface area contributed by atoms with Crippen molar-refractivity contribution in [2.75, 3.05) is 26.2 Å². The molecule has 1 aromatic carbocycles. The van der Waals surface area contributed by atoms with Crippen LogP contribution in [0.5, 0.6) is 0 Å². The highest BCUT2D eigenvalue weighted by molar-refractivity contribution is 5.28. The maximum atomic E-state index is 3.39. The fourth-order valence-electron chi connectivity index (χ4n) is 2.32. The van der Waals surface area contributed by atoms with Crippen LogP contribution in [0.2, 0.25) is 0 Å². The molecule has 2 rings (SSSR count). The van der Waals surface area contributed by atoms with Gasteiger partial charge in [-0.05, 0) is 25.0 Å². The zero-order valence-corrected chi connectivity index (χ0v) is 9.66. The molecule has 1 atom stereocenters. The molecule has 0 aliphatic carbocycles. The lowest BCUT2D eigenvalue weighted by atomic mass is 10.0. The van der Waals surface area contributed by atoms with E-state index in [4.69, 9.17) is 0 Å². The summed E-state index contributed by atoms with van der Waals surface area (Å²) in [7, 11) is 0. The molecule has 0 amide bonds. The van der Waals surface area contributed by atoms with Crippen molar-refractivity contribution >= 4 is 0 Å². The van der Waals surface area contributed by atoms with Crippen LogP contribution in [-0.4, -0.2) is 31.1 Å². The Morgan fingerprint density at radius 1 is 1.20 bits per heavy atom. The van der Waals surface area contributed by atoms with Crippen molar-refractivity contribution in [3.63, 3.8) is 0 Å². The van der Waals surface area contributed by atoms with Crippen molar-refractivity contribution in [1.29, 1.82) is 0 Å². The molecule has 1 saturated heterocycles. The molecule has 1 heterocycles. The van der Waals surface area contributed by atoms with Gasteiger partial charge in [0.2, 0.25) is 0 Å². The summed E-state index contributed by atoms with van der Waals surface area (Å²) in [4.78, 5) is 2.55. The van der Waals surface area contributed by atoms with Gasteiger partial charge in [-0.1, -0.05) is 24.3 Å². The summed E-state index contributed by atoms with van der Waals surface area (Å²) in [5.74, 6) is 0. The molecular formula is C13H20N2. The van der Waals surface area contributed by atoms with E-state index < -0.39 is 0 Å². The standard InChI is InChI=1S/C13H20N2/c1-11-5-3-4-6-13(11)12(2)15-9-7-14-8-10-15/h3-6,12,14H,7-10H2,1-2H3/t12-/m1/s1. The lowest BCUT2D eigenvalue weighted by Gasteiger charge is -2.33. The molecule has 0 radical (unpaired) electrons. The summed E-state index contributed by atoms with van der Waals surface area (Å²) in [6.07, 6.45) is 0. The van der Waals surface area contributed by atoms with Crippen molar-refractivity contribution in [2.45, 2.75) is 19.9 Å². The van der Waals surface area contributed by atoms with E-state index in [1.165, 1.54) is 11.1 Å². The van der Waals surface area contributed by atoms with Crippen LogP contribution in [0, 0.1) is 6.92 Å². The molecule has 1 aliphatic rings. The predicted molar refractivity (Wildman–Crippen MR) is 64.0 cm³/mol. The highest BCUT2D eigenvalue weighted by Gasteiger charge is 2.18. The van der Waals surface area contributed by atoms with Gasteiger partial charge in [0.15, 0.2) is 0 Å². The SMILES string of the molecule is Cc1ccccc1[C@@H](C)N1CCNCC1. The van der Waals surface area contributed by atoms with Gasteiger partial charge in [0.1, 0.15) is 0 Å². The average Bonchev–Trinajstić information content (AvgIpc) is 2.30. The Kier molecular flexibility index (Phi) is 3.39. The van der Waals surface area contributed by atoms with Crippen molar-refractivity contribution in [2.24, 2.45) is 0 Å². The molecule has 1 N–H and O–H groups in total. The van der Waals surface area contributed by atoms with Crippen LogP contribution in [0.4, 0.5) is 0 Å². The third kappa shape index (κ3) is 2.39. The van der Waals surface area contributed by atoms with E-state index in [1.54, 1.807) is 0 Å². The van der Waals surface area contributed by atoms with Gasteiger partial charge in [-0.2, -0.15) is 0 Å². The van der Waals surface area contributed by atoms with Crippen LogP contribution < -0.4 is 5.32 Å². The zero-order valence-electron chi connectivity index (χ0n) is 9.66. The first-order valence-corrected chi connectivity index (χ1v) is 5.79. The first-order chi connectivity index (χ1) is 7.29. The second kappa shape index (κ2) is 4.77. The van der Waals surface area contributed by atoms with Crippen LogP contribution >= 0.6 is 0 Å². The minimum Gasteiger partial charge on any atom is -0.314 e. The van der Waals surface area contributed by atoms with E-state index in [9.17, 15) is 0 Å². The van der Waals surface area contributed by atoms with E-state index in [-0.39, 0.29) is 0 Å². The largest absolute Gasteiger partial charge is 0.314 e. The highest BCUT2D eigenvalue weighted by atomic mass is 15.2. The Balaban J connectivity index is 2.12. The van der Waals surface area contributed by atoms with E-state index in [0.717, 1.165) is 26.2 Å². The lowest BCUT2D eigenvalue weighted by Crippen LogP contribution is -2.44. The highest BCUT2D eigenvalue weighted by Crippen LogP contribution is 2.23. The lowest BCUT2D eigenvalue weighted by molar-refractivity contribution is 0.185. The van der Waals surface area contributed by atoms with Crippen LogP contribution in [0.1, 0.15) is 24.1 Å². The number of benzene rings is 1.